The molecule has 1 aliphatic heterocycles. The lowest BCUT2D eigenvalue weighted by atomic mass is 10.0. The molecule has 2 aromatic carbocycles. The van der Waals surface area contributed by atoms with Gasteiger partial charge < -0.3 is 26.0 Å². The lowest BCUT2D eigenvalue weighted by molar-refractivity contribution is -0.143. The molecule has 3 aromatic rings. The highest BCUT2D eigenvalue weighted by Gasteiger charge is 2.42. The normalized spacial score (nSPS) is 17.3. The van der Waals surface area contributed by atoms with Crippen molar-refractivity contribution in [2.45, 2.75) is 19.1 Å². The van der Waals surface area contributed by atoms with E-state index in [1.807, 2.05) is 19.1 Å². The number of nitrogens with one attached hydrogen (secondary N) is 1. The lowest BCUT2D eigenvalue weighted by Gasteiger charge is -2.40. The number of nitrogens with zero attached hydrogens (tertiary/aromatic N) is 3. The number of carbonyl (C=O) groups is 3. The molecule has 9 nitrogen and oxygen atoms in total. The van der Waals surface area contributed by atoms with E-state index in [9.17, 15) is 19.5 Å². The summed E-state index contributed by atoms with van der Waals surface area (Å²) in [5.41, 5.74) is 7.95. The number of rotatable bonds is 5. The SMILES string of the molecule is Cc1ccc(N2CCN(C=O)C(C(O)C(=O)Nc3ccc4c(N)nccc4c3)C2=O)cc1. The highest BCUT2D eigenvalue weighted by Crippen LogP contribution is 2.24. The van der Waals surface area contributed by atoms with Crippen LogP contribution in [0.2, 0.25) is 0 Å². The summed E-state index contributed by atoms with van der Waals surface area (Å²) in [6.07, 6.45) is 0.289. The molecule has 2 unspecified atom stereocenters. The number of aromatic nitrogens is 1. The zero-order chi connectivity index (χ0) is 22.8. The van der Waals surface area contributed by atoms with E-state index in [1.54, 1.807) is 42.6 Å². The van der Waals surface area contributed by atoms with Gasteiger partial charge >= 0.3 is 0 Å². The van der Waals surface area contributed by atoms with Crippen molar-refractivity contribution in [1.82, 2.24) is 9.88 Å². The van der Waals surface area contributed by atoms with E-state index in [2.05, 4.69) is 10.3 Å². The molecular formula is C23H23N5O4. The van der Waals surface area contributed by atoms with Gasteiger partial charge in [-0.15, -0.1) is 0 Å². The van der Waals surface area contributed by atoms with Crippen LogP contribution in [-0.4, -0.2) is 58.5 Å². The Kier molecular flexibility index (Phi) is 5.74. The van der Waals surface area contributed by atoms with Crippen molar-refractivity contribution in [3.05, 3.63) is 60.3 Å². The fraction of sp³-hybridized carbons (Fsp3) is 0.217. The first-order chi connectivity index (χ1) is 15.4. The summed E-state index contributed by atoms with van der Waals surface area (Å²) in [5.74, 6) is -0.944. The number of fused-ring (bicyclic) bond motifs is 1. The standard InChI is InChI=1S/C23H23N5O4/c1-14-2-5-17(6-3-14)28-11-10-27(13-29)19(23(28)32)20(30)22(31)26-16-4-7-18-15(12-16)8-9-25-21(18)24/h2-9,12-13,19-20,30H,10-11H2,1H3,(H2,24,25)(H,26,31). The number of aryl methyl sites for hydroxylation is 1. The number of pyridine rings is 1. The van der Waals surface area contributed by atoms with Crippen LogP contribution in [0, 0.1) is 6.92 Å². The molecule has 1 fully saturated rings. The van der Waals surface area contributed by atoms with Crippen molar-refractivity contribution < 1.29 is 19.5 Å². The van der Waals surface area contributed by atoms with Crippen LogP contribution in [0.25, 0.3) is 10.8 Å². The fourth-order valence-corrected chi connectivity index (χ4v) is 3.82. The maximum Gasteiger partial charge on any atom is 0.255 e. The number of carbonyl (C=O) groups excluding carboxylic acids is 3. The van der Waals surface area contributed by atoms with E-state index in [-0.39, 0.29) is 13.1 Å². The Morgan fingerprint density at radius 1 is 1.22 bits per heavy atom. The summed E-state index contributed by atoms with van der Waals surface area (Å²) in [5, 5.41) is 14.9. The number of aliphatic hydroxyl groups is 1. The predicted octanol–water partition coefficient (Wildman–Crippen LogP) is 1.30. The summed E-state index contributed by atoms with van der Waals surface area (Å²) in [7, 11) is 0. The number of anilines is 3. The minimum Gasteiger partial charge on any atom is -0.383 e. The maximum absolute atomic E-state index is 13.2. The van der Waals surface area contributed by atoms with Crippen LogP contribution in [0.15, 0.2) is 54.7 Å². The van der Waals surface area contributed by atoms with Crippen molar-refractivity contribution in [1.29, 1.82) is 0 Å². The first-order valence-corrected chi connectivity index (χ1v) is 10.1. The maximum atomic E-state index is 13.2. The van der Waals surface area contributed by atoms with Crippen molar-refractivity contribution in [3.63, 3.8) is 0 Å². The second kappa shape index (κ2) is 8.64. The van der Waals surface area contributed by atoms with E-state index >= 15 is 0 Å². The van der Waals surface area contributed by atoms with Gasteiger partial charge in [-0.25, -0.2) is 4.98 Å². The van der Waals surface area contributed by atoms with Crippen molar-refractivity contribution in [3.8, 4) is 0 Å². The molecule has 0 saturated carbocycles. The molecular weight excluding hydrogens is 410 g/mol. The van der Waals surface area contributed by atoms with Gasteiger partial charge in [0.05, 0.1) is 0 Å². The fourth-order valence-electron chi connectivity index (χ4n) is 3.82. The Balaban J connectivity index is 1.55. The van der Waals surface area contributed by atoms with Gasteiger partial charge in [-0.05, 0) is 48.7 Å². The van der Waals surface area contributed by atoms with Crippen molar-refractivity contribution in [2.24, 2.45) is 0 Å². The molecule has 4 N–H and O–H groups in total. The van der Waals surface area contributed by atoms with E-state index in [0.717, 1.165) is 21.2 Å². The molecule has 0 bridgehead atoms. The predicted molar refractivity (Wildman–Crippen MR) is 121 cm³/mol. The van der Waals surface area contributed by atoms with Crippen LogP contribution in [0.5, 0.6) is 0 Å². The number of benzene rings is 2. The summed E-state index contributed by atoms with van der Waals surface area (Å²) in [6.45, 7) is 2.40. The van der Waals surface area contributed by atoms with Gasteiger partial charge in [0, 0.05) is 36.0 Å². The molecule has 164 valence electrons. The second-order valence-electron chi connectivity index (χ2n) is 7.68. The monoisotopic (exact) mass is 433 g/mol. The van der Waals surface area contributed by atoms with Crippen LogP contribution in [0.4, 0.5) is 17.2 Å². The molecule has 3 amide bonds. The average Bonchev–Trinajstić information content (AvgIpc) is 2.79. The van der Waals surface area contributed by atoms with Crippen LogP contribution in [-0.2, 0) is 14.4 Å². The van der Waals surface area contributed by atoms with Gasteiger partial charge in [0.1, 0.15) is 11.9 Å². The summed E-state index contributed by atoms with van der Waals surface area (Å²) in [4.78, 5) is 44.2. The Bertz CT molecular complexity index is 1180. The minimum absolute atomic E-state index is 0.195. The number of nitrogen functional groups attached to an aromatic ring is 1. The number of hydrogen-bond acceptors (Lipinski definition) is 6. The molecule has 0 aliphatic carbocycles. The van der Waals surface area contributed by atoms with Crippen molar-refractivity contribution >= 4 is 46.2 Å². The third kappa shape index (κ3) is 3.97. The van der Waals surface area contributed by atoms with E-state index in [1.165, 1.54) is 4.90 Å². The Morgan fingerprint density at radius 2 is 1.97 bits per heavy atom. The number of amides is 3. The molecule has 1 saturated heterocycles. The smallest absolute Gasteiger partial charge is 0.255 e. The highest BCUT2D eigenvalue weighted by molar-refractivity contribution is 6.06. The zero-order valence-corrected chi connectivity index (χ0v) is 17.4. The molecule has 4 rings (SSSR count). The summed E-state index contributed by atoms with van der Waals surface area (Å²) < 4.78 is 0. The molecule has 9 heteroatoms. The summed E-state index contributed by atoms with van der Waals surface area (Å²) >= 11 is 0. The van der Waals surface area contributed by atoms with Gasteiger partial charge in [-0.1, -0.05) is 17.7 Å². The third-order valence-corrected chi connectivity index (χ3v) is 5.57. The van der Waals surface area contributed by atoms with Crippen molar-refractivity contribution in [2.75, 3.05) is 29.0 Å². The van der Waals surface area contributed by atoms with E-state index < -0.39 is 24.0 Å². The average molecular weight is 433 g/mol. The minimum atomic E-state index is -1.75. The Hall–Kier alpha value is -3.98. The number of piperazine rings is 1. The molecule has 2 atom stereocenters. The van der Waals surface area contributed by atoms with Gasteiger partial charge in [-0.2, -0.15) is 0 Å². The zero-order valence-electron chi connectivity index (χ0n) is 17.4. The van der Waals surface area contributed by atoms with Crippen LogP contribution in [0.1, 0.15) is 5.56 Å². The molecule has 32 heavy (non-hydrogen) atoms. The quantitative estimate of drug-likeness (QED) is 0.520. The summed E-state index contributed by atoms with van der Waals surface area (Å²) in [6, 6.07) is 12.8. The first kappa shape index (κ1) is 21.3. The molecule has 0 spiro atoms. The Morgan fingerprint density at radius 3 is 2.69 bits per heavy atom. The van der Waals surface area contributed by atoms with Crippen LogP contribution >= 0.6 is 0 Å². The molecule has 2 heterocycles. The Labute approximate surface area is 184 Å². The van der Waals surface area contributed by atoms with Crippen LogP contribution < -0.4 is 16.0 Å². The first-order valence-electron chi connectivity index (χ1n) is 10.1. The van der Waals surface area contributed by atoms with E-state index in [4.69, 9.17) is 5.73 Å². The van der Waals surface area contributed by atoms with E-state index in [0.29, 0.717) is 23.6 Å². The second-order valence-corrected chi connectivity index (χ2v) is 7.68. The van der Waals surface area contributed by atoms with Crippen LogP contribution in [0.3, 0.4) is 0 Å². The van der Waals surface area contributed by atoms with Gasteiger partial charge in [-0.3, -0.25) is 14.4 Å². The third-order valence-electron chi connectivity index (χ3n) is 5.57. The largest absolute Gasteiger partial charge is 0.383 e. The number of hydrogen-bond donors (Lipinski definition) is 3. The topological polar surface area (TPSA) is 129 Å². The van der Waals surface area contributed by atoms with Gasteiger partial charge in [0.25, 0.3) is 11.8 Å². The highest BCUT2D eigenvalue weighted by atomic mass is 16.3. The van der Waals surface area contributed by atoms with Gasteiger partial charge in [0.15, 0.2) is 6.10 Å². The molecule has 1 aromatic heterocycles. The molecule has 1 aliphatic rings. The number of nitrogens with two attached hydrogens (primary N) is 1. The number of aliphatic hydroxyl groups excluding tert-OH is 1. The van der Waals surface area contributed by atoms with Gasteiger partial charge in [0.2, 0.25) is 6.41 Å². The molecule has 0 radical (unpaired) electrons. The lowest BCUT2D eigenvalue weighted by Crippen LogP contribution is -2.63.